The standard InChI is InChI=1S/C24H33F3N2O2/c1-7-22(5,6)17-12-13-19-18(14-17)23(31,24(25,26)27)29(28-19)20(30)15-8-10-16(11-9-15)21(2,3)4/h8-11,17-18,31H,7,12-14H2,1-6H3/t17-,18-,23+/m1/s1. The molecule has 1 saturated carbocycles. The third kappa shape index (κ3) is 4.01. The van der Waals surface area contributed by atoms with Crippen molar-refractivity contribution in [2.45, 2.75) is 84.5 Å². The Labute approximate surface area is 182 Å². The zero-order valence-corrected chi connectivity index (χ0v) is 19.2. The number of fused-ring (bicyclic) bond motifs is 1. The molecule has 1 N–H and O–H groups in total. The van der Waals surface area contributed by atoms with Crippen LogP contribution in [-0.2, 0) is 5.41 Å². The molecule has 2 aliphatic rings. The van der Waals surface area contributed by atoms with Gasteiger partial charge in [0.1, 0.15) is 0 Å². The fourth-order valence-corrected chi connectivity index (χ4v) is 4.65. The number of amides is 1. The summed E-state index contributed by atoms with van der Waals surface area (Å²) in [6.45, 7) is 12.1. The summed E-state index contributed by atoms with van der Waals surface area (Å²) < 4.78 is 42.8. The number of nitrogens with zero attached hydrogens (tertiary/aromatic N) is 2. The first kappa shape index (κ1) is 23.8. The Morgan fingerprint density at radius 3 is 2.23 bits per heavy atom. The van der Waals surface area contributed by atoms with E-state index in [9.17, 15) is 23.1 Å². The highest BCUT2D eigenvalue weighted by molar-refractivity contribution is 5.99. The van der Waals surface area contributed by atoms with E-state index in [4.69, 9.17) is 0 Å². The van der Waals surface area contributed by atoms with Gasteiger partial charge in [0.2, 0.25) is 0 Å². The molecule has 172 valence electrons. The van der Waals surface area contributed by atoms with E-state index in [2.05, 4.69) is 5.10 Å². The summed E-state index contributed by atoms with van der Waals surface area (Å²) in [5.41, 5.74) is -2.34. The maximum absolute atomic E-state index is 14.3. The van der Waals surface area contributed by atoms with Crippen LogP contribution in [0.1, 0.15) is 83.1 Å². The van der Waals surface area contributed by atoms with Crippen molar-refractivity contribution in [1.29, 1.82) is 0 Å². The van der Waals surface area contributed by atoms with Crippen molar-refractivity contribution in [3.05, 3.63) is 35.4 Å². The second-order valence-corrected chi connectivity index (χ2v) is 10.6. The zero-order valence-electron chi connectivity index (χ0n) is 19.2. The number of hydrazone groups is 1. The molecule has 3 atom stereocenters. The minimum Gasteiger partial charge on any atom is -0.362 e. The van der Waals surface area contributed by atoms with E-state index < -0.39 is 23.7 Å². The van der Waals surface area contributed by atoms with Crippen molar-refractivity contribution in [3.63, 3.8) is 0 Å². The number of hydrogen-bond donors (Lipinski definition) is 1. The molecule has 0 radical (unpaired) electrons. The first-order chi connectivity index (χ1) is 14.1. The lowest BCUT2D eigenvalue weighted by Crippen LogP contribution is -2.62. The predicted molar refractivity (Wildman–Crippen MR) is 115 cm³/mol. The van der Waals surface area contributed by atoms with Crippen LogP contribution in [0.4, 0.5) is 13.2 Å². The van der Waals surface area contributed by atoms with E-state index >= 15 is 0 Å². The molecule has 1 aromatic carbocycles. The van der Waals surface area contributed by atoms with Crippen molar-refractivity contribution in [2.75, 3.05) is 0 Å². The maximum Gasteiger partial charge on any atom is 0.439 e. The van der Waals surface area contributed by atoms with Gasteiger partial charge < -0.3 is 5.11 Å². The smallest absolute Gasteiger partial charge is 0.362 e. The fraction of sp³-hybridized carbons (Fsp3) is 0.667. The van der Waals surface area contributed by atoms with Crippen molar-refractivity contribution in [3.8, 4) is 0 Å². The number of halogens is 3. The molecule has 0 unspecified atom stereocenters. The highest BCUT2D eigenvalue weighted by Crippen LogP contribution is 2.52. The zero-order chi connectivity index (χ0) is 23.4. The Hall–Kier alpha value is -1.89. The van der Waals surface area contributed by atoms with Gasteiger partial charge >= 0.3 is 6.18 Å². The van der Waals surface area contributed by atoms with Crippen LogP contribution in [0, 0.1) is 17.3 Å². The number of hydrogen-bond acceptors (Lipinski definition) is 3. The van der Waals surface area contributed by atoms with Crippen LogP contribution in [0.3, 0.4) is 0 Å². The van der Waals surface area contributed by atoms with Crippen LogP contribution in [-0.4, -0.2) is 33.6 Å². The Morgan fingerprint density at radius 2 is 1.74 bits per heavy atom. The molecule has 4 nitrogen and oxygen atoms in total. The maximum atomic E-state index is 14.3. The minimum absolute atomic E-state index is 0.0106. The van der Waals surface area contributed by atoms with Crippen LogP contribution in [0.25, 0.3) is 0 Å². The van der Waals surface area contributed by atoms with Gasteiger partial charge in [-0.1, -0.05) is 60.1 Å². The molecule has 0 bridgehead atoms. The van der Waals surface area contributed by atoms with E-state index in [1.807, 2.05) is 41.5 Å². The van der Waals surface area contributed by atoms with E-state index in [0.717, 1.165) is 12.0 Å². The molecule has 7 heteroatoms. The quantitative estimate of drug-likeness (QED) is 0.639. The van der Waals surface area contributed by atoms with Crippen LogP contribution in [0.15, 0.2) is 29.4 Å². The Bertz CT molecular complexity index is 868. The van der Waals surface area contributed by atoms with Crippen molar-refractivity contribution < 1.29 is 23.1 Å². The second-order valence-electron chi connectivity index (χ2n) is 10.6. The monoisotopic (exact) mass is 438 g/mol. The largest absolute Gasteiger partial charge is 0.439 e. The van der Waals surface area contributed by atoms with Crippen LogP contribution in [0.2, 0.25) is 0 Å². The van der Waals surface area contributed by atoms with Gasteiger partial charge in [-0.15, -0.1) is 0 Å². The third-order valence-corrected chi connectivity index (χ3v) is 7.33. The van der Waals surface area contributed by atoms with Crippen LogP contribution >= 0.6 is 0 Å². The lowest BCUT2D eigenvalue weighted by atomic mass is 9.64. The Kier molecular flexibility index (Phi) is 5.83. The first-order valence-corrected chi connectivity index (χ1v) is 10.9. The summed E-state index contributed by atoms with van der Waals surface area (Å²) in [5.74, 6) is -2.17. The topological polar surface area (TPSA) is 52.9 Å². The summed E-state index contributed by atoms with van der Waals surface area (Å²) in [4.78, 5) is 13.1. The van der Waals surface area contributed by atoms with Crippen molar-refractivity contribution in [2.24, 2.45) is 22.4 Å². The van der Waals surface area contributed by atoms with Crippen molar-refractivity contribution >= 4 is 11.6 Å². The number of carbonyl (C=O) groups excluding carboxylic acids is 1. The SMILES string of the molecule is CCC(C)(C)[C@@H]1CCC2=NN(C(=O)c3ccc(C(C)(C)C)cc3)[C@@](O)(C(F)(F)F)[C@@H]2C1. The van der Waals surface area contributed by atoms with Gasteiger partial charge in [-0.3, -0.25) is 4.79 Å². The molecule has 1 amide bonds. The molecule has 0 saturated heterocycles. The lowest BCUT2D eigenvalue weighted by molar-refractivity contribution is -0.314. The van der Waals surface area contributed by atoms with E-state index in [1.54, 1.807) is 12.1 Å². The number of rotatable bonds is 3. The summed E-state index contributed by atoms with van der Waals surface area (Å²) in [6.07, 6.45) is -3.00. The molecular formula is C24H33F3N2O2. The number of aliphatic hydroxyl groups is 1. The summed E-state index contributed by atoms with van der Waals surface area (Å²) in [5, 5.41) is 15.4. The summed E-state index contributed by atoms with van der Waals surface area (Å²) >= 11 is 0. The second kappa shape index (κ2) is 7.61. The average Bonchev–Trinajstić information content (AvgIpc) is 3.00. The molecular weight excluding hydrogens is 405 g/mol. The average molecular weight is 439 g/mol. The number of benzene rings is 1. The normalized spacial score (nSPS) is 27.2. The van der Waals surface area contributed by atoms with Crippen LogP contribution in [0.5, 0.6) is 0 Å². The van der Waals surface area contributed by atoms with Gasteiger partial charge in [0.25, 0.3) is 11.6 Å². The summed E-state index contributed by atoms with van der Waals surface area (Å²) in [6, 6.07) is 6.47. The van der Waals surface area contributed by atoms with E-state index in [1.165, 1.54) is 12.1 Å². The van der Waals surface area contributed by atoms with E-state index in [0.29, 0.717) is 17.9 Å². The highest BCUT2D eigenvalue weighted by atomic mass is 19.4. The van der Waals surface area contributed by atoms with Crippen LogP contribution < -0.4 is 0 Å². The van der Waals surface area contributed by atoms with Gasteiger partial charge in [0.05, 0.1) is 5.92 Å². The van der Waals surface area contributed by atoms with Gasteiger partial charge in [-0.25, -0.2) is 0 Å². The molecule has 1 aliphatic heterocycles. The molecule has 0 aromatic heterocycles. The highest BCUT2D eigenvalue weighted by Gasteiger charge is 2.69. The minimum atomic E-state index is -5.03. The molecule has 31 heavy (non-hydrogen) atoms. The van der Waals surface area contributed by atoms with Gasteiger partial charge in [-0.05, 0) is 53.7 Å². The molecule has 1 fully saturated rings. The fourth-order valence-electron chi connectivity index (χ4n) is 4.65. The Morgan fingerprint density at radius 1 is 1.16 bits per heavy atom. The molecule has 1 aromatic rings. The van der Waals surface area contributed by atoms with Gasteiger partial charge in [0, 0.05) is 11.3 Å². The molecule has 3 rings (SSSR count). The van der Waals surface area contributed by atoms with Crippen molar-refractivity contribution in [1.82, 2.24) is 5.01 Å². The lowest BCUT2D eigenvalue weighted by Gasteiger charge is -2.43. The predicted octanol–water partition coefficient (Wildman–Crippen LogP) is 5.90. The first-order valence-electron chi connectivity index (χ1n) is 10.9. The molecule has 0 spiro atoms. The Balaban J connectivity index is 1.97. The molecule has 1 heterocycles. The number of alkyl halides is 3. The summed E-state index contributed by atoms with van der Waals surface area (Å²) in [7, 11) is 0. The van der Waals surface area contributed by atoms with Gasteiger partial charge in [0.15, 0.2) is 0 Å². The number of carbonyl (C=O) groups is 1. The van der Waals surface area contributed by atoms with E-state index in [-0.39, 0.29) is 34.4 Å². The third-order valence-electron chi connectivity index (χ3n) is 7.33. The van der Waals surface area contributed by atoms with Gasteiger partial charge in [-0.2, -0.15) is 23.3 Å². The molecule has 1 aliphatic carbocycles.